The minimum absolute atomic E-state index is 0.0560. The number of hydrogen-bond acceptors (Lipinski definition) is 8. The molecule has 0 spiro atoms. The highest BCUT2D eigenvalue weighted by molar-refractivity contribution is 5.78. The second-order valence-corrected chi connectivity index (χ2v) is 10.9. The molecule has 0 radical (unpaired) electrons. The monoisotopic (exact) mass is 625 g/mol. The van der Waals surface area contributed by atoms with Crippen LogP contribution >= 0.6 is 0 Å². The SMILES string of the molecule is C#C[C@]1(F)[C@H](n2cnc3c(OCC)nc(NC(c4ccccc4)(c4ccccc4)c4ccc(OC)cc4)nc32)O[C@](F)(CC)[C@H]1O. The van der Waals surface area contributed by atoms with Gasteiger partial charge in [-0.3, -0.25) is 4.57 Å². The molecule has 1 saturated heterocycles. The Kier molecular flexibility index (Phi) is 8.10. The van der Waals surface area contributed by atoms with Crippen LogP contribution in [0.1, 0.15) is 43.2 Å². The van der Waals surface area contributed by atoms with E-state index in [1.165, 1.54) is 17.8 Å². The van der Waals surface area contributed by atoms with Gasteiger partial charge in [-0.2, -0.15) is 9.97 Å². The Hall–Kier alpha value is -5.05. The number of benzene rings is 3. The second kappa shape index (κ2) is 12.0. The predicted molar refractivity (Wildman–Crippen MR) is 169 cm³/mol. The van der Waals surface area contributed by atoms with Crippen molar-refractivity contribution in [2.45, 2.75) is 49.7 Å². The molecule has 0 unspecified atom stereocenters. The number of anilines is 1. The highest BCUT2D eigenvalue weighted by atomic mass is 19.2. The molecule has 0 amide bonds. The highest BCUT2D eigenvalue weighted by Crippen LogP contribution is 2.50. The van der Waals surface area contributed by atoms with E-state index in [0.717, 1.165) is 16.7 Å². The summed E-state index contributed by atoms with van der Waals surface area (Å²) >= 11 is 0. The van der Waals surface area contributed by atoms with Gasteiger partial charge >= 0.3 is 0 Å². The summed E-state index contributed by atoms with van der Waals surface area (Å²) in [5, 5.41) is 14.2. The summed E-state index contributed by atoms with van der Waals surface area (Å²) in [6.45, 7) is 3.45. The van der Waals surface area contributed by atoms with Gasteiger partial charge in [0, 0.05) is 6.42 Å². The van der Waals surface area contributed by atoms with Crippen molar-refractivity contribution in [1.82, 2.24) is 19.5 Å². The molecule has 1 aliphatic rings. The lowest BCUT2D eigenvalue weighted by Crippen LogP contribution is -2.45. The molecule has 1 aliphatic heterocycles. The van der Waals surface area contributed by atoms with E-state index in [-0.39, 0.29) is 36.0 Å². The van der Waals surface area contributed by atoms with E-state index in [0.29, 0.717) is 5.75 Å². The van der Waals surface area contributed by atoms with Gasteiger partial charge in [0.2, 0.25) is 23.4 Å². The Labute approximate surface area is 265 Å². The third kappa shape index (κ3) is 4.90. The van der Waals surface area contributed by atoms with Crippen LogP contribution in [0.25, 0.3) is 11.2 Å². The minimum atomic E-state index is -2.93. The number of ether oxygens (including phenoxy) is 3. The lowest BCUT2D eigenvalue weighted by molar-refractivity contribution is -0.187. The molecule has 6 rings (SSSR count). The molecular weight excluding hydrogens is 592 g/mol. The Bertz CT molecular complexity index is 1830. The van der Waals surface area contributed by atoms with Gasteiger partial charge in [0.15, 0.2) is 23.5 Å². The van der Waals surface area contributed by atoms with Crippen LogP contribution in [-0.2, 0) is 10.3 Å². The van der Waals surface area contributed by atoms with Crippen molar-refractivity contribution in [2.24, 2.45) is 0 Å². The van der Waals surface area contributed by atoms with Crippen molar-refractivity contribution < 1.29 is 28.1 Å². The summed E-state index contributed by atoms with van der Waals surface area (Å²) < 4.78 is 49.8. The van der Waals surface area contributed by atoms with Crippen molar-refractivity contribution in [3.63, 3.8) is 0 Å². The molecule has 9 nitrogen and oxygen atoms in total. The maximum atomic E-state index is 16.2. The lowest BCUT2D eigenvalue weighted by atomic mass is 9.77. The minimum Gasteiger partial charge on any atom is -0.497 e. The van der Waals surface area contributed by atoms with Crippen LogP contribution in [0, 0.1) is 12.3 Å². The summed E-state index contributed by atoms with van der Waals surface area (Å²) in [5.74, 6) is 0.0542. The van der Waals surface area contributed by atoms with E-state index >= 15 is 8.78 Å². The molecule has 1 fully saturated rings. The maximum absolute atomic E-state index is 16.2. The van der Waals surface area contributed by atoms with Crippen LogP contribution in [0.3, 0.4) is 0 Å². The average molecular weight is 626 g/mol. The summed E-state index contributed by atoms with van der Waals surface area (Å²) in [4.78, 5) is 13.8. The normalized spacial score (nSPS) is 22.8. The number of imidazole rings is 1. The predicted octanol–water partition coefficient (Wildman–Crippen LogP) is 5.94. The number of terminal acetylenes is 1. The number of aliphatic hydroxyl groups is 1. The van der Waals surface area contributed by atoms with E-state index in [9.17, 15) is 5.11 Å². The molecule has 3 heterocycles. The topological polar surface area (TPSA) is 104 Å². The maximum Gasteiger partial charge on any atom is 0.247 e. The summed E-state index contributed by atoms with van der Waals surface area (Å²) in [6.07, 6.45) is 2.39. The number of methoxy groups -OCH3 is 1. The number of rotatable bonds is 10. The molecule has 2 aromatic heterocycles. The van der Waals surface area contributed by atoms with Crippen molar-refractivity contribution in [1.29, 1.82) is 0 Å². The van der Waals surface area contributed by atoms with Crippen LogP contribution in [0.5, 0.6) is 11.6 Å². The van der Waals surface area contributed by atoms with E-state index in [2.05, 4.69) is 10.3 Å². The van der Waals surface area contributed by atoms with Gasteiger partial charge in [-0.05, 0) is 35.7 Å². The first-order valence-electron chi connectivity index (χ1n) is 14.9. The zero-order valence-electron chi connectivity index (χ0n) is 25.5. The standard InChI is InChI=1S/C35H33F2N5O4/c1-5-33(36)30(43)34(37,6-2)46-31(33)42-22-38-27-28(42)39-32(40-29(27)45-7-3)41-35(23-14-10-8-11-15-23,24-16-12-9-13-17-24)25-18-20-26(44-4)21-19-25/h1,8-22,30-31,43H,6-7H2,2-4H3,(H,39,40,41)/t30-,31+,33+,34+/m0/s1. The van der Waals surface area contributed by atoms with Crippen LogP contribution in [0.2, 0.25) is 0 Å². The first-order valence-corrected chi connectivity index (χ1v) is 14.9. The van der Waals surface area contributed by atoms with E-state index in [4.69, 9.17) is 30.6 Å². The van der Waals surface area contributed by atoms with Crippen LogP contribution in [-0.4, -0.2) is 56.0 Å². The van der Waals surface area contributed by atoms with Gasteiger partial charge in [0.1, 0.15) is 11.3 Å². The molecule has 236 valence electrons. The zero-order chi connectivity index (χ0) is 32.5. The number of fused-ring (bicyclic) bond motifs is 1. The Morgan fingerprint density at radius 3 is 2.13 bits per heavy atom. The number of alkyl halides is 2. The van der Waals surface area contributed by atoms with Crippen LogP contribution in [0.15, 0.2) is 91.3 Å². The molecule has 2 N–H and O–H groups in total. The molecule has 5 aromatic rings. The number of hydrogen-bond donors (Lipinski definition) is 2. The van der Waals surface area contributed by atoms with Gasteiger partial charge in [0.25, 0.3) is 0 Å². The molecule has 11 heteroatoms. The quantitative estimate of drug-likeness (QED) is 0.145. The van der Waals surface area contributed by atoms with Crippen molar-refractivity contribution in [3.8, 4) is 24.0 Å². The summed E-state index contributed by atoms with van der Waals surface area (Å²) in [6, 6.07) is 27.1. The third-order valence-electron chi connectivity index (χ3n) is 8.34. The molecule has 0 aliphatic carbocycles. The molecule has 0 bridgehead atoms. The fourth-order valence-electron chi connectivity index (χ4n) is 5.93. The number of nitrogens with one attached hydrogen (secondary N) is 1. The van der Waals surface area contributed by atoms with E-state index in [1.807, 2.05) is 90.8 Å². The fourth-order valence-corrected chi connectivity index (χ4v) is 5.93. The van der Waals surface area contributed by atoms with Crippen LogP contribution in [0.4, 0.5) is 14.7 Å². The molecule has 0 saturated carbocycles. The highest BCUT2D eigenvalue weighted by Gasteiger charge is 2.65. The second-order valence-electron chi connectivity index (χ2n) is 10.9. The summed E-state index contributed by atoms with van der Waals surface area (Å²) in [5.41, 5.74) is -1.19. The Morgan fingerprint density at radius 1 is 0.978 bits per heavy atom. The van der Waals surface area contributed by atoms with Crippen molar-refractivity contribution >= 4 is 17.1 Å². The first kappa shape index (κ1) is 31.0. The number of aromatic nitrogens is 4. The van der Waals surface area contributed by atoms with Gasteiger partial charge in [-0.1, -0.05) is 85.6 Å². The fraction of sp³-hybridized carbons (Fsp3) is 0.286. The van der Waals surface area contributed by atoms with Gasteiger partial charge in [-0.25, -0.2) is 13.8 Å². The molecular formula is C35H33F2N5O4. The Balaban J connectivity index is 1.59. The van der Waals surface area contributed by atoms with E-state index < -0.39 is 29.4 Å². The summed E-state index contributed by atoms with van der Waals surface area (Å²) in [7, 11) is 1.60. The van der Waals surface area contributed by atoms with E-state index in [1.54, 1.807) is 14.0 Å². The van der Waals surface area contributed by atoms with Crippen molar-refractivity contribution in [2.75, 3.05) is 19.0 Å². The smallest absolute Gasteiger partial charge is 0.247 e. The first-order chi connectivity index (χ1) is 22.2. The number of aliphatic hydroxyl groups excluding tert-OH is 1. The molecule has 3 aromatic carbocycles. The number of nitrogens with zero attached hydrogens (tertiary/aromatic N) is 4. The van der Waals surface area contributed by atoms with Gasteiger partial charge < -0.3 is 24.6 Å². The third-order valence-corrected chi connectivity index (χ3v) is 8.34. The Morgan fingerprint density at radius 2 is 1.59 bits per heavy atom. The average Bonchev–Trinajstić information content (AvgIpc) is 3.61. The van der Waals surface area contributed by atoms with Crippen molar-refractivity contribution in [3.05, 3.63) is 108 Å². The van der Waals surface area contributed by atoms with Gasteiger partial charge in [-0.15, -0.1) is 6.42 Å². The van der Waals surface area contributed by atoms with Gasteiger partial charge in [0.05, 0.1) is 20.0 Å². The molecule has 46 heavy (non-hydrogen) atoms. The zero-order valence-corrected chi connectivity index (χ0v) is 25.5. The largest absolute Gasteiger partial charge is 0.497 e. The molecule has 4 atom stereocenters. The van der Waals surface area contributed by atoms with Crippen LogP contribution < -0.4 is 14.8 Å². The number of halogens is 2. The lowest BCUT2D eigenvalue weighted by Gasteiger charge is -2.37.